The van der Waals surface area contributed by atoms with Gasteiger partial charge in [-0.25, -0.2) is 22.8 Å². The van der Waals surface area contributed by atoms with Gasteiger partial charge >= 0.3 is 0 Å². The highest BCUT2D eigenvalue weighted by atomic mass is 32.2. The van der Waals surface area contributed by atoms with Crippen LogP contribution in [0.1, 0.15) is 5.56 Å². The second-order valence-corrected chi connectivity index (χ2v) is 8.30. The largest absolute Gasteiger partial charge is 0.363 e. The lowest BCUT2D eigenvalue weighted by atomic mass is 10.1. The summed E-state index contributed by atoms with van der Waals surface area (Å²) in [6.45, 7) is 0.475. The lowest BCUT2D eigenvalue weighted by Crippen LogP contribution is -2.09. The lowest BCUT2D eigenvalue weighted by Gasteiger charge is -2.09. The number of fused-ring (bicyclic) bond motifs is 1. The molecule has 2 aromatic heterocycles. The number of hydrogen-bond donors (Lipinski definition) is 2. The number of nitrogens with zero attached hydrogens (tertiary/aromatic N) is 3. The van der Waals surface area contributed by atoms with Crippen molar-refractivity contribution in [1.82, 2.24) is 14.4 Å². The summed E-state index contributed by atoms with van der Waals surface area (Å²) in [5.74, 6) is 0.313. The summed E-state index contributed by atoms with van der Waals surface area (Å²) < 4.78 is 40.4. The summed E-state index contributed by atoms with van der Waals surface area (Å²) in [6, 6.07) is 13.3. The van der Waals surface area contributed by atoms with Crippen LogP contribution in [-0.2, 0) is 16.6 Å². The highest BCUT2D eigenvalue weighted by Gasteiger charge is 2.11. The fraction of sp³-hybridized carbons (Fsp3) is 0.100. The molecule has 0 fully saturated rings. The molecular formula is C20H18FN5O2S. The number of nitrogens with one attached hydrogen (secondary N) is 2. The molecule has 2 heterocycles. The van der Waals surface area contributed by atoms with Crippen LogP contribution in [0.4, 0.5) is 15.9 Å². The van der Waals surface area contributed by atoms with Crippen LogP contribution in [0.5, 0.6) is 0 Å². The third-order valence-electron chi connectivity index (χ3n) is 4.26. The quantitative estimate of drug-likeness (QED) is 0.507. The van der Waals surface area contributed by atoms with Gasteiger partial charge in [-0.05, 0) is 29.8 Å². The summed E-state index contributed by atoms with van der Waals surface area (Å²) in [5.41, 5.74) is 3.63. The molecule has 0 radical (unpaired) electrons. The third-order valence-corrected chi connectivity index (χ3v) is 4.87. The number of hydrogen-bond acceptors (Lipinski definition) is 5. The molecule has 0 unspecified atom stereocenters. The number of aromatic nitrogens is 3. The Bertz CT molecular complexity index is 1270. The van der Waals surface area contributed by atoms with Gasteiger partial charge in [-0.1, -0.05) is 24.3 Å². The maximum atomic E-state index is 13.1. The molecule has 29 heavy (non-hydrogen) atoms. The maximum Gasteiger partial charge on any atom is 0.229 e. The fourth-order valence-electron chi connectivity index (χ4n) is 3.00. The third kappa shape index (κ3) is 4.35. The van der Waals surface area contributed by atoms with E-state index in [1.54, 1.807) is 48.9 Å². The molecule has 0 saturated carbocycles. The van der Waals surface area contributed by atoms with Gasteiger partial charge in [0.2, 0.25) is 10.0 Å². The summed E-state index contributed by atoms with van der Waals surface area (Å²) in [6.07, 6.45) is 6.26. The molecule has 0 aliphatic rings. The predicted octanol–water partition coefficient (Wildman–Crippen LogP) is 3.52. The monoisotopic (exact) mass is 411 g/mol. The number of rotatable bonds is 6. The molecular weight excluding hydrogens is 393 g/mol. The molecule has 4 aromatic rings. The van der Waals surface area contributed by atoms with Crippen LogP contribution in [0.15, 0.2) is 67.1 Å². The van der Waals surface area contributed by atoms with Crippen molar-refractivity contribution in [2.45, 2.75) is 6.54 Å². The molecule has 7 nitrogen and oxygen atoms in total. The van der Waals surface area contributed by atoms with Gasteiger partial charge in [-0.15, -0.1) is 0 Å². The number of sulfonamides is 1. The highest BCUT2D eigenvalue weighted by molar-refractivity contribution is 7.92. The van der Waals surface area contributed by atoms with Crippen molar-refractivity contribution < 1.29 is 12.8 Å². The fourth-order valence-corrected chi connectivity index (χ4v) is 3.56. The van der Waals surface area contributed by atoms with Crippen LogP contribution in [0.3, 0.4) is 0 Å². The first-order valence-corrected chi connectivity index (χ1v) is 10.7. The minimum atomic E-state index is -3.36. The molecule has 0 bridgehead atoms. The minimum absolute atomic E-state index is 0.278. The van der Waals surface area contributed by atoms with E-state index in [4.69, 9.17) is 0 Å². The molecule has 2 aromatic carbocycles. The maximum absolute atomic E-state index is 13.1. The van der Waals surface area contributed by atoms with Crippen molar-refractivity contribution in [2.75, 3.05) is 16.3 Å². The first-order valence-electron chi connectivity index (χ1n) is 8.78. The van der Waals surface area contributed by atoms with E-state index >= 15 is 0 Å². The predicted molar refractivity (Wildman–Crippen MR) is 111 cm³/mol. The zero-order chi connectivity index (χ0) is 20.4. The molecule has 0 atom stereocenters. The lowest BCUT2D eigenvalue weighted by molar-refractivity contribution is 0.607. The molecule has 0 spiro atoms. The zero-order valence-corrected chi connectivity index (χ0v) is 16.3. The summed E-state index contributed by atoms with van der Waals surface area (Å²) in [5, 5.41) is 3.22. The first kappa shape index (κ1) is 18.9. The van der Waals surface area contributed by atoms with Crippen LogP contribution < -0.4 is 10.0 Å². The summed E-state index contributed by atoms with van der Waals surface area (Å²) in [7, 11) is -3.36. The van der Waals surface area contributed by atoms with E-state index in [1.807, 2.05) is 10.5 Å². The SMILES string of the molecule is CS(=O)(=O)Nc1cccc(-c2cnc3c(NCc4ccc(F)cc4)nccn23)c1. The Hall–Kier alpha value is -3.46. The molecule has 0 aliphatic heterocycles. The van der Waals surface area contributed by atoms with E-state index < -0.39 is 10.0 Å². The van der Waals surface area contributed by atoms with Gasteiger partial charge in [0.05, 0.1) is 18.1 Å². The topological polar surface area (TPSA) is 88.4 Å². The molecule has 0 aliphatic carbocycles. The van der Waals surface area contributed by atoms with Crippen LogP contribution >= 0.6 is 0 Å². The Morgan fingerprint density at radius 1 is 1.10 bits per heavy atom. The van der Waals surface area contributed by atoms with Crippen molar-refractivity contribution in [3.63, 3.8) is 0 Å². The van der Waals surface area contributed by atoms with E-state index in [0.717, 1.165) is 23.1 Å². The van der Waals surface area contributed by atoms with E-state index in [1.165, 1.54) is 12.1 Å². The van der Waals surface area contributed by atoms with E-state index in [2.05, 4.69) is 20.0 Å². The van der Waals surface area contributed by atoms with Gasteiger partial charge in [-0.2, -0.15) is 0 Å². The van der Waals surface area contributed by atoms with Gasteiger partial charge in [0.1, 0.15) is 5.82 Å². The van der Waals surface area contributed by atoms with Gasteiger partial charge in [-0.3, -0.25) is 9.12 Å². The van der Waals surface area contributed by atoms with Crippen molar-refractivity contribution in [2.24, 2.45) is 0 Å². The Balaban J connectivity index is 1.64. The average Bonchev–Trinajstić information content (AvgIpc) is 3.11. The summed E-state index contributed by atoms with van der Waals surface area (Å²) in [4.78, 5) is 8.82. The van der Waals surface area contributed by atoms with E-state index in [9.17, 15) is 12.8 Å². The van der Waals surface area contributed by atoms with Crippen LogP contribution in [0.25, 0.3) is 16.9 Å². The molecule has 9 heteroatoms. The number of benzene rings is 2. The number of halogens is 1. The van der Waals surface area contributed by atoms with E-state index in [-0.39, 0.29) is 5.82 Å². The minimum Gasteiger partial charge on any atom is -0.363 e. The molecule has 4 rings (SSSR count). The Morgan fingerprint density at radius 2 is 1.90 bits per heavy atom. The standard InChI is InChI=1S/C20H18FN5O2S/c1-29(27,28)25-17-4-2-3-15(11-17)18-13-24-20-19(22-9-10-26(18)20)23-12-14-5-7-16(21)8-6-14/h2-11,13,25H,12H2,1H3,(H,22,23). The zero-order valence-electron chi connectivity index (χ0n) is 15.5. The second-order valence-electron chi connectivity index (χ2n) is 6.55. The van der Waals surface area contributed by atoms with Gasteiger partial charge in [0, 0.05) is 30.2 Å². The Labute approximate surface area is 167 Å². The summed E-state index contributed by atoms with van der Waals surface area (Å²) >= 11 is 0. The van der Waals surface area contributed by atoms with Crippen LogP contribution in [0.2, 0.25) is 0 Å². The van der Waals surface area contributed by atoms with Crippen molar-refractivity contribution >= 4 is 27.2 Å². The van der Waals surface area contributed by atoms with E-state index in [0.29, 0.717) is 23.7 Å². The number of imidazole rings is 1. The van der Waals surface area contributed by atoms with Crippen molar-refractivity contribution in [3.8, 4) is 11.3 Å². The van der Waals surface area contributed by atoms with Crippen LogP contribution in [0, 0.1) is 5.82 Å². The molecule has 0 amide bonds. The second kappa shape index (κ2) is 7.51. The Morgan fingerprint density at radius 3 is 2.66 bits per heavy atom. The first-order chi connectivity index (χ1) is 13.9. The Kier molecular flexibility index (Phi) is 4.89. The molecule has 0 saturated heterocycles. The normalized spacial score (nSPS) is 11.5. The molecule has 148 valence electrons. The molecule has 2 N–H and O–H groups in total. The van der Waals surface area contributed by atoms with Gasteiger partial charge < -0.3 is 5.32 Å². The smallest absolute Gasteiger partial charge is 0.229 e. The van der Waals surface area contributed by atoms with Gasteiger partial charge in [0.25, 0.3) is 0 Å². The average molecular weight is 411 g/mol. The number of anilines is 2. The van der Waals surface area contributed by atoms with Crippen molar-refractivity contribution in [1.29, 1.82) is 0 Å². The van der Waals surface area contributed by atoms with Crippen LogP contribution in [-0.4, -0.2) is 29.0 Å². The highest BCUT2D eigenvalue weighted by Crippen LogP contribution is 2.26. The van der Waals surface area contributed by atoms with Gasteiger partial charge in [0.15, 0.2) is 11.5 Å². The van der Waals surface area contributed by atoms with Crippen molar-refractivity contribution in [3.05, 3.63) is 78.5 Å².